The van der Waals surface area contributed by atoms with Crippen molar-refractivity contribution in [3.63, 3.8) is 0 Å². The fourth-order valence-corrected chi connectivity index (χ4v) is 4.60. The van der Waals surface area contributed by atoms with E-state index in [-0.39, 0.29) is 77.8 Å². The first kappa shape index (κ1) is 35.8. The van der Waals surface area contributed by atoms with Gasteiger partial charge in [-0.2, -0.15) is 0 Å². The second kappa shape index (κ2) is 18.2. The average Bonchev–Trinajstić information content (AvgIpc) is 2.70. The number of amides is 3. The summed E-state index contributed by atoms with van der Waals surface area (Å²) in [5, 5.41) is 7.68. The predicted molar refractivity (Wildman–Crippen MR) is 121 cm³/mol. The number of carbonyl (C=O) groups is 3. The van der Waals surface area contributed by atoms with Gasteiger partial charge in [0.15, 0.2) is 0 Å². The number of nitrogens with zero attached hydrogens (tertiary/aromatic N) is 1. The minimum Gasteiger partial charge on any atom is -0.811 e. The molecule has 0 fully saturated rings. The van der Waals surface area contributed by atoms with Gasteiger partial charge in [-0.15, -0.1) is 0 Å². The standard InChI is InChI=1S/C18H39N4O12P3/c23-16(4-1-13-35(26,27)28)19-7-10-22(11-8-20-17(24)5-2-14-36(29,30)31)12-9-21-18(25)6-3-15-37(32,33)34/h1-15H2,(H,19,23)(H,20,24)(H,21,25)(H2,26,27,28)(H2,29,30,31)(H2,32,33,34)/p-6. The Kier molecular flexibility index (Phi) is 17.6. The number of hydrogen-bond donors (Lipinski definition) is 3. The van der Waals surface area contributed by atoms with Gasteiger partial charge in [-0.05, 0) is 37.7 Å². The molecule has 0 aromatic rings. The molecule has 3 amide bonds. The molecule has 0 aliphatic rings. The van der Waals surface area contributed by atoms with Gasteiger partial charge < -0.3 is 59.0 Å². The zero-order valence-corrected chi connectivity index (χ0v) is 23.0. The highest BCUT2D eigenvalue weighted by Gasteiger charge is 2.10. The SMILES string of the molecule is O=C(CCCP(=O)([O-])[O-])NCCN(CCNC(=O)CCCP(=O)([O-])[O-])CCNC(=O)CCCP(=O)([O-])[O-]. The lowest BCUT2D eigenvalue weighted by molar-refractivity contribution is -0.315. The Morgan fingerprint density at radius 2 is 0.757 bits per heavy atom. The Morgan fingerprint density at radius 3 is 0.973 bits per heavy atom. The predicted octanol–water partition coefficient (Wildman–Crippen LogP) is -5.28. The van der Waals surface area contributed by atoms with Crippen molar-refractivity contribution < 1.29 is 57.4 Å². The van der Waals surface area contributed by atoms with Crippen LogP contribution in [0.2, 0.25) is 0 Å². The Hall–Kier alpha value is -1.18. The van der Waals surface area contributed by atoms with Crippen LogP contribution in [0.4, 0.5) is 0 Å². The van der Waals surface area contributed by atoms with Crippen LogP contribution in [-0.4, -0.2) is 80.4 Å². The molecule has 0 bridgehead atoms. The summed E-state index contributed by atoms with van der Waals surface area (Å²) in [6.45, 7) is 1.21. The van der Waals surface area contributed by atoms with Gasteiger partial charge in [-0.25, -0.2) is 0 Å². The zero-order valence-electron chi connectivity index (χ0n) is 20.3. The Balaban J connectivity index is 4.51. The summed E-state index contributed by atoms with van der Waals surface area (Å²) < 4.78 is 31.8. The molecular weight excluding hydrogens is 557 g/mol. The van der Waals surface area contributed by atoms with Gasteiger partial charge in [0.2, 0.25) is 17.7 Å². The van der Waals surface area contributed by atoms with Crippen molar-refractivity contribution in [1.29, 1.82) is 0 Å². The molecule has 0 aliphatic heterocycles. The molecule has 0 rings (SSSR count). The molecule has 3 N–H and O–H groups in total. The molecule has 16 nitrogen and oxygen atoms in total. The first-order chi connectivity index (χ1) is 17.0. The lowest BCUT2D eigenvalue weighted by Gasteiger charge is -2.29. The normalized spacial score (nSPS) is 12.4. The van der Waals surface area contributed by atoms with Crippen molar-refractivity contribution in [3.05, 3.63) is 0 Å². The van der Waals surface area contributed by atoms with E-state index in [1.54, 1.807) is 4.90 Å². The van der Waals surface area contributed by atoms with E-state index in [4.69, 9.17) is 0 Å². The van der Waals surface area contributed by atoms with E-state index in [9.17, 15) is 57.4 Å². The van der Waals surface area contributed by atoms with Crippen molar-refractivity contribution in [2.75, 3.05) is 57.8 Å². The van der Waals surface area contributed by atoms with Crippen LogP contribution in [0.3, 0.4) is 0 Å². The average molecular weight is 590 g/mol. The highest BCUT2D eigenvalue weighted by atomic mass is 31.2. The maximum Gasteiger partial charge on any atom is 0.220 e. The summed E-state index contributed by atoms with van der Waals surface area (Å²) in [6.07, 6.45) is -2.68. The third-order valence-corrected chi connectivity index (χ3v) is 7.35. The molecule has 0 saturated carbocycles. The largest absolute Gasteiger partial charge is 0.811 e. The smallest absolute Gasteiger partial charge is 0.220 e. The summed E-state index contributed by atoms with van der Waals surface area (Å²) in [7, 11) is -14.1. The van der Waals surface area contributed by atoms with Gasteiger partial charge in [-0.3, -0.25) is 19.3 Å². The third kappa shape index (κ3) is 26.2. The topological polar surface area (TPSA) is 280 Å². The molecule has 0 atom stereocenters. The summed E-state index contributed by atoms with van der Waals surface area (Å²) in [4.78, 5) is 101. The van der Waals surface area contributed by atoms with Gasteiger partial charge in [0, 0.05) is 58.5 Å². The van der Waals surface area contributed by atoms with Crippen molar-refractivity contribution in [2.45, 2.75) is 38.5 Å². The molecule has 19 heteroatoms. The Labute approximate surface area is 215 Å². The third-order valence-electron chi connectivity index (χ3n) is 4.76. The van der Waals surface area contributed by atoms with E-state index in [2.05, 4.69) is 16.0 Å². The summed E-state index contributed by atoms with van der Waals surface area (Å²) in [6, 6.07) is 0. The van der Waals surface area contributed by atoms with E-state index in [0.717, 1.165) is 0 Å². The quantitative estimate of drug-likeness (QED) is 0.105. The maximum atomic E-state index is 11.8. The Bertz CT molecular complexity index is 748. The van der Waals surface area contributed by atoms with Crippen LogP contribution in [-0.2, 0) is 28.1 Å². The molecule has 0 spiro atoms. The molecule has 0 aromatic heterocycles. The highest BCUT2D eigenvalue weighted by molar-refractivity contribution is 7.49. The van der Waals surface area contributed by atoms with Crippen LogP contribution in [0.5, 0.6) is 0 Å². The molecule has 0 saturated heterocycles. The van der Waals surface area contributed by atoms with Crippen molar-refractivity contribution in [1.82, 2.24) is 20.9 Å². The fraction of sp³-hybridized carbons (Fsp3) is 0.833. The molecule has 218 valence electrons. The van der Waals surface area contributed by atoms with E-state index < -0.39 is 59.0 Å². The molecular formula is C18H33N4O12P3-6. The first-order valence-electron chi connectivity index (χ1n) is 11.5. The van der Waals surface area contributed by atoms with Gasteiger partial charge in [-0.1, -0.05) is 22.8 Å². The highest BCUT2D eigenvalue weighted by Crippen LogP contribution is 2.25. The van der Waals surface area contributed by atoms with E-state index in [1.807, 2.05) is 0 Å². The second-order valence-corrected chi connectivity index (χ2v) is 13.2. The fourth-order valence-electron chi connectivity index (χ4n) is 2.96. The first-order valence-corrected chi connectivity index (χ1v) is 16.7. The van der Waals surface area contributed by atoms with E-state index >= 15 is 0 Å². The van der Waals surface area contributed by atoms with Gasteiger partial charge in [0.05, 0.1) is 0 Å². The molecule has 0 unspecified atom stereocenters. The molecule has 0 heterocycles. The number of carbonyl (C=O) groups excluding carboxylic acids is 3. The van der Waals surface area contributed by atoms with E-state index in [0.29, 0.717) is 0 Å². The number of hydrogen-bond acceptors (Lipinski definition) is 13. The Morgan fingerprint density at radius 1 is 0.514 bits per heavy atom. The maximum absolute atomic E-state index is 11.8. The van der Waals surface area contributed by atoms with Gasteiger partial charge >= 0.3 is 0 Å². The van der Waals surface area contributed by atoms with Crippen LogP contribution in [0.25, 0.3) is 0 Å². The number of rotatable bonds is 21. The minimum absolute atomic E-state index is 0.111. The van der Waals surface area contributed by atoms with Crippen LogP contribution in [0, 0.1) is 0 Å². The van der Waals surface area contributed by atoms with Crippen molar-refractivity contribution >= 4 is 40.5 Å². The monoisotopic (exact) mass is 590 g/mol. The van der Waals surface area contributed by atoms with Crippen molar-refractivity contribution in [3.8, 4) is 0 Å². The second-order valence-electron chi connectivity index (χ2n) is 8.21. The van der Waals surface area contributed by atoms with Crippen LogP contribution in [0.15, 0.2) is 0 Å². The minimum atomic E-state index is -4.68. The molecule has 0 aliphatic carbocycles. The summed E-state index contributed by atoms with van der Waals surface area (Å²) in [5.41, 5.74) is 0. The molecule has 0 aromatic carbocycles. The van der Waals surface area contributed by atoms with Crippen LogP contribution >= 0.6 is 22.8 Å². The van der Waals surface area contributed by atoms with Gasteiger partial charge in [0.25, 0.3) is 0 Å². The lowest BCUT2D eigenvalue weighted by atomic mass is 10.3. The van der Waals surface area contributed by atoms with Crippen LogP contribution in [0.1, 0.15) is 38.5 Å². The summed E-state index contributed by atoms with van der Waals surface area (Å²) in [5.74, 6) is -1.38. The zero-order chi connectivity index (χ0) is 28.5. The summed E-state index contributed by atoms with van der Waals surface area (Å²) >= 11 is 0. The van der Waals surface area contributed by atoms with Crippen molar-refractivity contribution in [2.24, 2.45) is 0 Å². The lowest BCUT2D eigenvalue weighted by Crippen LogP contribution is -2.43. The van der Waals surface area contributed by atoms with Crippen LogP contribution < -0.4 is 45.3 Å². The van der Waals surface area contributed by atoms with Gasteiger partial charge in [0.1, 0.15) is 0 Å². The number of nitrogens with one attached hydrogen (secondary N) is 3. The van der Waals surface area contributed by atoms with E-state index in [1.165, 1.54) is 0 Å². The molecule has 37 heavy (non-hydrogen) atoms. The molecule has 0 radical (unpaired) electrons.